The predicted molar refractivity (Wildman–Crippen MR) is 82.2 cm³/mol. The van der Waals surface area contributed by atoms with Crippen LogP contribution in [0.15, 0.2) is 18.2 Å². The lowest BCUT2D eigenvalue weighted by atomic mass is 9.96. The van der Waals surface area contributed by atoms with E-state index in [1.807, 2.05) is 0 Å². The third kappa shape index (κ3) is 2.32. The molecule has 0 spiro atoms. The quantitative estimate of drug-likeness (QED) is 0.836. The smallest absolute Gasteiger partial charge is 0.0420 e. The van der Waals surface area contributed by atoms with Crippen molar-refractivity contribution in [3.63, 3.8) is 0 Å². The Labute approximate surface area is 116 Å². The standard InChI is InChI=1S/C16H25N3/c1-16(2)12-19(11-10-18(16)3)15-8-4-7-14-13(15)6-5-9-17-14/h4,7-8,17H,5-6,9-12H2,1-3H3. The van der Waals surface area contributed by atoms with Gasteiger partial charge in [0.2, 0.25) is 0 Å². The van der Waals surface area contributed by atoms with Crippen LogP contribution in [-0.4, -0.2) is 43.7 Å². The number of hydrogen-bond donors (Lipinski definition) is 1. The van der Waals surface area contributed by atoms with Gasteiger partial charge < -0.3 is 10.2 Å². The Morgan fingerprint density at radius 1 is 1.21 bits per heavy atom. The Bertz CT molecular complexity index is 467. The van der Waals surface area contributed by atoms with Crippen molar-refractivity contribution in [2.24, 2.45) is 0 Å². The number of rotatable bonds is 1. The molecule has 3 heteroatoms. The summed E-state index contributed by atoms with van der Waals surface area (Å²) in [6.07, 6.45) is 2.46. The predicted octanol–water partition coefficient (Wildman–Crippen LogP) is 2.58. The average molecular weight is 259 g/mol. The van der Waals surface area contributed by atoms with Gasteiger partial charge >= 0.3 is 0 Å². The second-order valence-corrected chi connectivity index (χ2v) is 6.49. The summed E-state index contributed by atoms with van der Waals surface area (Å²) >= 11 is 0. The van der Waals surface area contributed by atoms with E-state index in [-0.39, 0.29) is 5.54 Å². The summed E-state index contributed by atoms with van der Waals surface area (Å²) in [5.41, 5.74) is 4.57. The first-order valence-electron chi connectivity index (χ1n) is 7.40. The first-order valence-corrected chi connectivity index (χ1v) is 7.40. The highest BCUT2D eigenvalue weighted by Crippen LogP contribution is 2.33. The molecule has 19 heavy (non-hydrogen) atoms. The van der Waals surface area contributed by atoms with Gasteiger partial charge in [-0.2, -0.15) is 0 Å². The monoisotopic (exact) mass is 259 g/mol. The van der Waals surface area contributed by atoms with Crippen LogP contribution in [0.1, 0.15) is 25.8 Å². The molecule has 0 aromatic heterocycles. The molecule has 0 aliphatic carbocycles. The largest absolute Gasteiger partial charge is 0.385 e. The summed E-state index contributed by atoms with van der Waals surface area (Å²) in [5.74, 6) is 0. The number of nitrogens with zero attached hydrogens (tertiary/aromatic N) is 2. The lowest BCUT2D eigenvalue weighted by molar-refractivity contribution is 0.139. The SMILES string of the molecule is CN1CCN(c2cccc3c2CCCN3)CC1(C)C. The van der Waals surface area contributed by atoms with Gasteiger partial charge in [0.05, 0.1) is 0 Å². The molecule has 0 radical (unpaired) electrons. The fraction of sp³-hybridized carbons (Fsp3) is 0.625. The molecular weight excluding hydrogens is 234 g/mol. The Morgan fingerprint density at radius 2 is 2.05 bits per heavy atom. The van der Waals surface area contributed by atoms with Crippen molar-refractivity contribution in [2.75, 3.05) is 43.4 Å². The minimum atomic E-state index is 0.253. The number of fused-ring (bicyclic) bond motifs is 1. The molecule has 1 saturated heterocycles. The summed E-state index contributed by atoms with van der Waals surface area (Å²) in [5, 5.41) is 3.53. The third-order valence-electron chi connectivity index (χ3n) is 4.73. The van der Waals surface area contributed by atoms with Gasteiger partial charge in [0.25, 0.3) is 0 Å². The molecule has 0 atom stereocenters. The molecule has 2 aliphatic rings. The molecular formula is C16H25N3. The number of piperazine rings is 1. The fourth-order valence-corrected chi connectivity index (χ4v) is 3.23. The van der Waals surface area contributed by atoms with Gasteiger partial charge in [-0.15, -0.1) is 0 Å². The molecule has 0 bridgehead atoms. The number of anilines is 2. The zero-order valence-corrected chi connectivity index (χ0v) is 12.4. The fourth-order valence-electron chi connectivity index (χ4n) is 3.23. The molecule has 0 amide bonds. The summed E-state index contributed by atoms with van der Waals surface area (Å²) in [6, 6.07) is 6.71. The van der Waals surface area contributed by atoms with Crippen LogP contribution >= 0.6 is 0 Å². The van der Waals surface area contributed by atoms with Crippen molar-refractivity contribution >= 4 is 11.4 Å². The molecule has 1 aromatic rings. The third-order valence-corrected chi connectivity index (χ3v) is 4.73. The number of nitrogens with one attached hydrogen (secondary N) is 1. The number of benzene rings is 1. The maximum absolute atomic E-state index is 3.53. The highest BCUT2D eigenvalue weighted by molar-refractivity contribution is 5.68. The van der Waals surface area contributed by atoms with Gasteiger partial charge in [0, 0.05) is 43.1 Å². The van der Waals surface area contributed by atoms with Gasteiger partial charge in [-0.1, -0.05) is 6.07 Å². The van der Waals surface area contributed by atoms with Gasteiger partial charge in [-0.05, 0) is 51.4 Å². The van der Waals surface area contributed by atoms with Crippen LogP contribution in [0.2, 0.25) is 0 Å². The highest BCUT2D eigenvalue weighted by atomic mass is 15.3. The average Bonchev–Trinajstić information content (AvgIpc) is 2.41. The number of likely N-dealkylation sites (N-methyl/N-ethyl adjacent to an activating group) is 1. The van der Waals surface area contributed by atoms with Crippen LogP contribution in [0, 0.1) is 0 Å². The van der Waals surface area contributed by atoms with Gasteiger partial charge in [0.15, 0.2) is 0 Å². The molecule has 1 N–H and O–H groups in total. The van der Waals surface area contributed by atoms with E-state index in [0.717, 1.165) is 26.2 Å². The van der Waals surface area contributed by atoms with Crippen LogP contribution < -0.4 is 10.2 Å². The van der Waals surface area contributed by atoms with Crippen molar-refractivity contribution in [3.05, 3.63) is 23.8 Å². The summed E-state index contributed by atoms with van der Waals surface area (Å²) in [7, 11) is 2.24. The van der Waals surface area contributed by atoms with Crippen LogP contribution in [0.3, 0.4) is 0 Å². The second-order valence-electron chi connectivity index (χ2n) is 6.49. The van der Waals surface area contributed by atoms with Crippen LogP contribution in [0.5, 0.6) is 0 Å². The topological polar surface area (TPSA) is 18.5 Å². The highest BCUT2D eigenvalue weighted by Gasteiger charge is 2.32. The maximum atomic E-state index is 3.53. The molecule has 3 nitrogen and oxygen atoms in total. The Kier molecular flexibility index (Phi) is 3.17. The van der Waals surface area contributed by atoms with Crippen LogP contribution in [0.4, 0.5) is 11.4 Å². The molecule has 2 aliphatic heterocycles. The lowest BCUT2D eigenvalue weighted by Crippen LogP contribution is -2.57. The van der Waals surface area contributed by atoms with E-state index in [2.05, 4.69) is 54.2 Å². The van der Waals surface area contributed by atoms with Crippen LogP contribution in [-0.2, 0) is 6.42 Å². The van der Waals surface area contributed by atoms with Crippen molar-refractivity contribution < 1.29 is 0 Å². The zero-order chi connectivity index (χ0) is 13.5. The molecule has 1 aromatic carbocycles. The van der Waals surface area contributed by atoms with E-state index < -0.39 is 0 Å². The molecule has 1 fully saturated rings. The molecule has 3 rings (SSSR count). The summed E-state index contributed by atoms with van der Waals surface area (Å²) < 4.78 is 0. The van der Waals surface area contributed by atoms with Crippen LogP contribution in [0.25, 0.3) is 0 Å². The number of hydrogen-bond acceptors (Lipinski definition) is 3. The van der Waals surface area contributed by atoms with Gasteiger partial charge in [-0.25, -0.2) is 0 Å². The Balaban J connectivity index is 1.90. The van der Waals surface area contributed by atoms with E-state index in [1.54, 1.807) is 0 Å². The van der Waals surface area contributed by atoms with E-state index >= 15 is 0 Å². The molecule has 0 unspecified atom stereocenters. The summed E-state index contributed by atoms with van der Waals surface area (Å²) in [6.45, 7) is 9.19. The van der Waals surface area contributed by atoms with Crippen molar-refractivity contribution in [1.29, 1.82) is 0 Å². The maximum Gasteiger partial charge on any atom is 0.0420 e. The molecule has 104 valence electrons. The Hall–Kier alpha value is -1.22. The van der Waals surface area contributed by atoms with E-state index in [9.17, 15) is 0 Å². The lowest BCUT2D eigenvalue weighted by Gasteiger charge is -2.47. The second kappa shape index (κ2) is 4.71. The summed E-state index contributed by atoms with van der Waals surface area (Å²) in [4.78, 5) is 5.04. The normalized spacial score (nSPS) is 22.8. The van der Waals surface area contributed by atoms with Gasteiger partial charge in [-0.3, -0.25) is 4.90 Å². The minimum Gasteiger partial charge on any atom is -0.385 e. The Morgan fingerprint density at radius 3 is 2.84 bits per heavy atom. The first kappa shape index (κ1) is 12.8. The first-order chi connectivity index (χ1) is 9.08. The van der Waals surface area contributed by atoms with E-state index in [1.165, 1.54) is 29.8 Å². The van der Waals surface area contributed by atoms with Gasteiger partial charge in [0.1, 0.15) is 0 Å². The zero-order valence-electron chi connectivity index (χ0n) is 12.4. The molecule has 0 saturated carbocycles. The van der Waals surface area contributed by atoms with Crippen molar-refractivity contribution in [2.45, 2.75) is 32.2 Å². The van der Waals surface area contributed by atoms with E-state index in [4.69, 9.17) is 0 Å². The molecule has 2 heterocycles. The van der Waals surface area contributed by atoms with Crippen molar-refractivity contribution in [1.82, 2.24) is 4.90 Å². The minimum absolute atomic E-state index is 0.253. The van der Waals surface area contributed by atoms with Crippen molar-refractivity contribution in [3.8, 4) is 0 Å². The van der Waals surface area contributed by atoms with E-state index in [0.29, 0.717) is 0 Å².